The van der Waals surface area contributed by atoms with Crippen LogP contribution in [0.2, 0.25) is 0 Å². The molecule has 3 N–H and O–H groups in total. The second kappa shape index (κ2) is 3.05. The number of hydrogen-bond donors (Lipinski definition) is 2. The fourth-order valence-electron chi connectivity index (χ4n) is 2.84. The van der Waals surface area contributed by atoms with Crippen LogP contribution in [-0.4, -0.2) is 5.11 Å². The molecular formula is C16H11NO. The minimum absolute atomic E-state index is 0.151. The number of fused-ring (bicyclic) bond motifs is 3. The highest BCUT2D eigenvalue weighted by Gasteiger charge is 2.22. The van der Waals surface area contributed by atoms with Gasteiger partial charge >= 0.3 is 0 Å². The average molecular weight is 233 g/mol. The lowest BCUT2D eigenvalue weighted by Gasteiger charge is -2.05. The molecule has 0 atom stereocenters. The molecule has 0 saturated heterocycles. The minimum Gasteiger partial charge on any atom is -0.506 e. The minimum atomic E-state index is 0.151. The summed E-state index contributed by atoms with van der Waals surface area (Å²) in [6.07, 6.45) is 0. The zero-order valence-corrected chi connectivity index (χ0v) is 9.64. The SMILES string of the molecule is Nc1cc2c(cc1O)-c1cccc3cccc-2c13. The van der Waals surface area contributed by atoms with Gasteiger partial charge in [-0.25, -0.2) is 0 Å². The van der Waals surface area contributed by atoms with Crippen LogP contribution in [0.1, 0.15) is 0 Å². The van der Waals surface area contributed by atoms with E-state index in [0.29, 0.717) is 5.69 Å². The van der Waals surface area contributed by atoms with Crippen molar-refractivity contribution in [1.29, 1.82) is 0 Å². The van der Waals surface area contributed by atoms with Crippen LogP contribution in [0, 0.1) is 0 Å². The van der Waals surface area contributed by atoms with E-state index >= 15 is 0 Å². The van der Waals surface area contributed by atoms with Gasteiger partial charge in [-0.15, -0.1) is 0 Å². The molecule has 0 saturated carbocycles. The highest BCUT2D eigenvalue weighted by atomic mass is 16.3. The number of phenolic OH excluding ortho intramolecular Hbond substituents is 1. The van der Waals surface area contributed by atoms with Gasteiger partial charge in [-0.3, -0.25) is 0 Å². The summed E-state index contributed by atoms with van der Waals surface area (Å²) >= 11 is 0. The first-order valence-electron chi connectivity index (χ1n) is 5.91. The maximum absolute atomic E-state index is 9.79. The zero-order valence-electron chi connectivity index (χ0n) is 9.64. The molecule has 0 radical (unpaired) electrons. The van der Waals surface area contributed by atoms with E-state index < -0.39 is 0 Å². The molecule has 3 aromatic carbocycles. The molecule has 2 heteroatoms. The first-order valence-corrected chi connectivity index (χ1v) is 5.91. The van der Waals surface area contributed by atoms with E-state index in [9.17, 15) is 5.11 Å². The number of hydrogen-bond acceptors (Lipinski definition) is 2. The van der Waals surface area contributed by atoms with Crippen molar-refractivity contribution in [2.24, 2.45) is 0 Å². The predicted octanol–water partition coefficient (Wildman–Crippen LogP) is 3.78. The molecule has 0 aliphatic heterocycles. The first kappa shape index (κ1) is 9.54. The number of nitrogens with two attached hydrogens (primary N) is 1. The summed E-state index contributed by atoms with van der Waals surface area (Å²) in [5.41, 5.74) is 10.8. The van der Waals surface area contributed by atoms with Gasteiger partial charge in [0, 0.05) is 0 Å². The first-order chi connectivity index (χ1) is 8.75. The van der Waals surface area contributed by atoms with Gasteiger partial charge in [-0.05, 0) is 45.2 Å². The quantitative estimate of drug-likeness (QED) is 0.358. The lowest BCUT2D eigenvalue weighted by atomic mass is 10.0. The Morgan fingerprint density at radius 1 is 0.778 bits per heavy atom. The van der Waals surface area contributed by atoms with Crippen LogP contribution >= 0.6 is 0 Å². The van der Waals surface area contributed by atoms with Gasteiger partial charge in [0.1, 0.15) is 5.75 Å². The van der Waals surface area contributed by atoms with Crippen LogP contribution < -0.4 is 5.73 Å². The van der Waals surface area contributed by atoms with Crippen LogP contribution in [0.15, 0.2) is 48.5 Å². The summed E-state index contributed by atoms with van der Waals surface area (Å²) in [7, 11) is 0. The van der Waals surface area contributed by atoms with Crippen LogP contribution in [-0.2, 0) is 0 Å². The van der Waals surface area contributed by atoms with Crippen molar-refractivity contribution >= 4 is 16.5 Å². The van der Waals surface area contributed by atoms with Crippen molar-refractivity contribution < 1.29 is 5.11 Å². The van der Waals surface area contributed by atoms with Gasteiger partial charge in [0.05, 0.1) is 5.69 Å². The molecular weight excluding hydrogens is 222 g/mol. The maximum atomic E-state index is 9.79. The summed E-state index contributed by atoms with van der Waals surface area (Å²) in [5.74, 6) is 0.151. The molecule has 3 aromatic rings. The molecule has 18 heavy (non-hydrogen) atoms. The molecule has 2 nitrogen and oxygen atoms in total. The monoisotopic (exact) mass is 233 g/mol. The van der Waals surface area contributed by atoms with E-state index in [2.05, 4.69) is 30.3 Å². The fourth-order valence-corrected chi connectivity index (χ4v) is 2.84. The second-order valence-corrected chi connectivity index (χ2v) is 4.67. The molecule has 1 aliphatic rings. The van der Waals surface area contributed by atoms with E-state index in [1.807, 2.05) is 12.1 Å². The lowest BCUT2D eigenvalue weighted by Crippen LogP contribution is -1.87. The summed E-state index contributed by atoms with van der Waals surface area (Å²) in [6, 6.07) is 16.1. The highest BCUT2D eigenvalue weighted by molar-refractivity contribution is 6.15. The van der Waals surface area contributed by atoms with E-state index in [-0.39, 0.29) is 5.75 Å². The van der Waals surface area contributed by atoms with Crippen molar-refractivity contribution in [3.63, 3.8) is 0 Å². The number of nitrogen functional groups attached to an aromatic ring is 1. The zero-order chi connectivity index (χ0) is 12.3. The van der Waals surface area contributed by atoms with Gasteiger partial charge in [0.25, 0.3) is 0 Å². The number of rotatable bonds is 0. The molecule has 0 bridgehead atoms. The van der Waals surface area contributed by atoms with Gasteiger partial charge in [-0.2, -0.15) is 0 Å². The standard InChI is InChI=1S/C16H11NO/c17-14-7-12-10-5-1-3-9-4-2-6-11(16(9)10)13(12)8-15(14)18/h1-8,18H,17H2. The Hall–Kier alpha value is -2.48. The molecule has 1 aliphatic carbocycles. The van der Waals surface area contributed by atoms with E-state index in [1.165, 1.54) is 21.9 Å². The Kier molecular flexibility index (Phi) is 1.61. The molecule has 0 unspecified atom stereocenters. The molecule has 0 fully saturated rings. The van der Waals surface area contributed by atoms with Crippen molar-refractivity contribution in [3.05, 3.63) is 48.5 Å². The van der Waals surface area contributed by atoms with E-state index in [1.54, 1.807) is 6.07 Å². The third-order valence-corrected chi connectivity index (χ3v) is 3.65. The molecule has 0 spiro atoms. The van der Waals surface area contributed by atoms with Crippen LogP contribution in [0.5, 0.6) is 5.75 Å². The second-order valence-electron chi connectivity index (χ2n) is 4.67. The van der Waals surface area contributed by atoms with Crippen molar-refractivity contribution in [2.45, 2.75) is 0 Å². The normalized spacial score (nSPS) is 11.8. The Labute approximate surface area is 104 Å². The van der Waals surface area contributed by atoms with E-state index in [0.717, 1.165) is 11.1 Å². The number of phenols is 1. The number of anilines is 1. The van der Waals surface area contributed by atoms with E-state index in [4.69, 9.17) is 5.73 Å². The topological polar surface area (TPSA) is 46.2 Å². The van der Waals surface area contributed by atoms with Crippen LogP contribution in [0.4, 0.5) is 5.69 Å². The van der Waals surface area contributed by atoms with Crippen LogP contribution in [0.25, 0.3) is 33.0 Å². The maximum Gasteiger partial charge on any atom is 0.139 e. The molecule has 0 aromatic heterocycles. The molecule has 86 valence electrons. The summed E-state index contributed by atoms with van der Waals surface area (Å²) in [4.78, 5) is 0. The van der Waals surface area contributed by atoms with Gasteiger partial charge in [-0.1, -0.05) is 36.4 Å². The number of benzene rings is 3. The summed E-state index contributed by atoms with van der Waals surface area (Å²) in [5, 5.41) is 12.3. The fraction of sp³-hybridized carbons (Fsp3) is 0. The van der Waals surface area contributed by atoms with Crippen molar-refractivity contribution in [3.8, 4) is 28.0 Å². The predicted molar refractivity (Wildman–Crippen MR) is 74.5 cm³/mol. The Balaban J connectivity index is 2.24. The van der Waals surface area contributed by atoms with Gasteiger partial charge in [0.15, 0.2) is 0 Å². The Bertz CT molecular complexity index is 742. The smallest absolute Gasteiger partial charge is 0.139 e. The average Bonchev–Trinajstić information content (AvgIpc) is 2.68. The van der Waals surface area contributed by atoms with Crippen molar-refractivity contribution in [2.75, 3.05) is 5.73 Å². The van der Waals surface area contributed by atoms with Crippen molar-refractivity contribution in [1.82, 2.24) is 0 Å². The molecule has 0 heterocycles. The molecule has 4 rings (SSSR count). The largest absolute Gasteiger partial charge is 0.506 e. The Morgan fingerprint density at radius 3 is 2.06 bits per heavy atom. The Morgan fingerprint density at radius 2 is 1.39 bits per heavy atom. The number of aromatic hydroxyl groups is 1. The third kappa shape index (κ3) is 1.02. The highest BCUT2D eigenvalue weighted by Crippen LogP contribution is 2.49. The summed E-state index contributed by atoms with van der Waals surface area (Å²) < 4.78 is 0. The van der Waals surface area contributed by atoms with Gasteiger partial charge < -0.3 is 10.8 Å². The third-order valence-electron chi connectivity index (χ3n) is 3.65. The van der Waals surface area contributed by atoms with Crippen LogP contribution in [0.3, 0.4) is 0 Å². The lowest BCUT2D eigenvalue weighted by molar-refractivity contribution is 0.478. The molecule has 0 amide bonds. The summed E-state index contributed by atoms with van der Waals surface area (Å²) in [6.45, 7) is 0. The van der Waals surface area contributed by atoms with Gasteiger partial charge in [0.2, 0.25) is 0 Å².